The van der Waals surface area contributed by atoms with Gasteiger partial charge >= 0.3 is 0 Å². The van der Waals surface area contributed by atoms with E-state index in [0.717, 1.165) is 0 Å². The molecule has 1 atom stereocenters. The molecule has 0 radical (unpaired) electrons. The maximum Gasteiger partial charge on any atom is 0.246 e. The van der Waals surface area contributed by atoms with Gasteiger partial charge in [-0.3, -0.25) is 14.4 Å². The molecule has 0 aliphatic heterocycles. The van der Waals surface area contributed by atoms with Crippen LogP contribution in [-0.2, 0) is 76.0 Å². The van der Waals surface area contributed by atoms with Crippen molar-refractivity contribution in [3.05, 3.63) is 0 Å². The zero-order valence-electron chi connectivity index (χ0n) is 34.6. The molecular weight excluding hydrogens is 754 g/mol. The van der Waals surface area contributed by atoms with Crippen LogP contribution in [0.5, 0.6) is 0 Å². The molecule has 1 amide bonds. The van der Waals surface area contributed by atoms with E-state index in [1.807, 2.05) is 0 Å². The second-order valence-corrected chi connectivity index (χ2v) is 12.2. The number of methoxy groups -OCH3 is 1. The fourth-order valence-corrected chi connectivity index (χ4v) is 4.53. The Morgan fingerprint density at radius 3 is 1.14 bits per heavy atom. The fourth-order valence-electron chi connectivity index (χ4n) is 4.53. The number of hydrogen-bond acceptors (Lipinski definition) is 18. The molecule has 19 heteroatoms. The Labute approximate surface area is 339 Å². The Kier molecular flexibility index (Phi) is 45.4. The number of nitrogens with one attached hydrogen (secondary N) is 1. The molecule has 0 spiro atoms. The predicted octanol–water partition coefficient (Wildman–Crippen LogP) is -0.287. The minimum atomic E-state index is -0.813. The van der Waals surface area contributed by atoms with Gasteiger partial charge in [-0.25, -0.2) is 0 Å². The fraction of sp³-hybridized carbons (Fsp3) is 0.921. The Hall–Kier alpha value is -1.79. The summed E-state index contributed by atoms with van der Waals surface area (Å²) in [6.07, 6.45) is 1.84. The maximum atomic E-state index is 13.1. The predicted molar refractivity (Wildman–Crippen MR) is 209 cm³/mol. The van der Waals surface area contributed by atoms with Crippen LogP contribution in [0.4, 0.5) is 0 Å². The van der Waals surface area contributed by atoms with Crippen LogP contribution in [0.2, 0.25) is 0 Å². The zero-order chi connectivity index (χ0) is 41.5. The van der Waals surface area contributed by atoms with E-state index in [0.29, 0.717) is 184 Å². The smallest absolute Gasteiger partial charge is 0.246 e. The third-order valence-corrected chi connectivity index (χ3v) is 7.43. The summed E-state index contributed by atoms with van der Waals surface area (Å²) >= 11 is 0. The molecule has 0 heterocycles. The Balaban J connectivity index is 4.17. The average molecular weight is 830 g/mol. The van der Waals surface area contributed by atoms with E-state index in [1.54, 1.807) is 7.11 Å². The second kappa shape index (κ2) is 46.9. The summed E-state index contributed by atoms with van der Waals surface area (Å²) in [7, 11) is 1.58. The molecular formula is C38H75N3O16. The first kappa shape index (κ1) is 55.2. The third kappa shape index (κ3) is 43.6. The van der Waals surface area contributed by atoms with Gasteiger partial charge in [-0.1, -0.05) is 0 Å². The Morgan fingerprint density at radius 2 is 0.754 bits per heavy atom. The molecule has 0 fully saturated rings. The third-order valence-electron chi connectivity index (χ3n) is 7.43. The van der Waals surface area contributed by atoms with Crippen molar-refractivity contribution >= 4 is 17.5 Å². The van der Waals surface area contributed by atoms with Crippen molar-refractivity contribution in [2.45, 2.75) is 44.6 Å². The summed E-state index contributed by atoms with van der Waals surface area (Å²) in [6.45, 7) is 11.3. The highest BCUT2D eigenvalue weighted by Crippen LogP contribution is 2.08. The molecule has 0 aliphatic rings. The van der Waals surface area contributed by atoms with E-state index in [9.17, 15) is 14.4 Å². The maximum absolute atomic E-state index is 13.1. The molecule has 0 saturated carbocycles. The number of amides is 1. The van der Waals surface area contributed by atoms with Gasteiger partial charge in [-0.15, -0.1) is 0 Å². The van der Waals surface area contributed by atoms with Gasteiger partial charge in [0.05, 0.1) is 151 Å². The van der Waals surface area contributed by atoms with Crippen LogP contribution in [0.1, 0.15) is 38.5 Å². The van der Waals surface area contributed by atoms with Gasteiger partial charge in [0.1, 0.15) is 12.4 Å². The molecule has 19 nitrogen and oxygen atoms in total. The van der Waals surface area contributed by atoms with Crippen molar-refractivity contribution in [3.63, 3.8) is 0 Å². The topological polar surface area (TPSA) is 235 Å². The highest BCUT2D eigenvalue weighted by Gasteiger charge is 2.21. The molecule has 5 N–H and O–H groups in total. The lowest BCUT2D eigenvalue weighted by molar-refractivity contribution is -0.131. The first-order valence-corrected chi connectivity index (χ1v) is 20.2. The first-order chi connectivity index (χ1) is 28.0. The molecule has 0 aliphatic carbocycles. The number of ketones is 2. The second-order valence-electron chi connectivity index (χ2n) is 12.2. The molecule has 0 rings (SSSR count). The molecule has 0 aromatic rings. The van der Waals surface area contributed by atoms with Gasteiger partial charge in [-0.05, 0) is 19.3 Å². The number of ether oxygens (including phenoxy) is 13. The number of Topliss-reactive ketones (excluding diaryl/α,β-unsaturated/α-hetero) is 2. The quantitative estimate of drug-likeness (QED) is 0.0669. The van der Waals surface area contributed by atoms with Crippen molar-refractivity contribution in [2.75, 3.05) is 185 Å². The first-order valence-electron chi connectivity index (χ1n) is 20.2. The lowest BCUT2D eigenvalue weighted by atomic mass is 10.00. The van der Waals surface area contributed by atoms with Gasteiger partial charge in [0.15, 0.2) is 5.78 Å². The van der Waals surface area contributed by atoms with Crippen molar-refractivity contribution in [1.82, 2.24) is 5.32 Å². The summed E-state index contributed by atoms with van der Waals surface area (Å²) in [5.41, 5.74) is 10.7. The van der Waals surface area contributed by atoms with E-state index in [-0.39, 0.29) is 44.0 Å². The number of nitrogens with two attached hydrogens (primary N) is 2. The van der Waals surface area contributed by atoms with E-state index in [2.05, 4.69) is 5.32 Å². The van der Waals surface area contributed by atoms with Crippen molar-refractivity contribution < 1.29 is 76.0 Å². The van der Waals surface area contributed by atoms with Crippen LogP contribution in [-0.4, -0.2) is 209 Å². The summed E-state index contributed by atoms with van der Waals surface area (Å²) in [4.78, 5) is 38.3. The highest BCUT2D eigenvalue weighted by atomic mass is 16.6. The summed E-state index contributed by atoms with van der Waals surface area (Å²) in [5.74, 6) is -0.622. The average Bonchev–Trinajstić information content (AvgIpc) is 3.21. The standard InChI is InChI=1S/C38H75N3O16/c1-45-14-15-50-32-33-57-34-38(44)41-36(37(43)5-3-11-47-17-21-52-25-29-56-31-27-54-23-19-49-13-9-40)7-6-35(42)4-2-10-46-16-20-51-24-28-55-30-26-53-22-18-48-12-8-39/h36H,2-34,39-40H2,1H3,(H,41,44)/t36-/m1/s1. The summed E-state index contributed by atoms with van der Waals surface area (Å²) in [5, 5.41) is 2.74. The van der Waals surface area contributed by atoms with Crippen LogP contribution in [0.15, 0.2) is 0 Å². The minimum Gasteiger partial charge on any atom is -0.382 e. The van der Waals surface area contributed by atoms with Gasteiger partial charge in [0, 0.05) is 52.7 Å². The Bertz CT molecular complexity index is 880. The number of carbonyl (C=O) groups excluding carboxylic acids is 3. The van der Waals surface area contributed by atoms with Crippen molar-refractivity contribution in [1.29, 1.82) is 0 Å². The van der Waals surface area contributed by atoms with Crippen LogP contribution in [0.3, 0.4) is 0 Å². The Morgan fingerprint density at radius 1 is 0.421 bits per heavy atom. The minimum absolute atomic E-state index is 0.0122. The number of rotatable bonds is 49. The van der Waals surface area contributed by atoms with Crippen LogP contribution < -0.4 is 16.8 Å². The monoisotopic (exact) mass is 830 g/mol. The van der Waals surface area contributed by atoms with E-state index >= 15 is 0 Å². The van der Waals surface area contributed by atoms with E-state index in [1.165, 1.54) is 0 Å². The summed E-state index contributed by atoms with van der Waals surface area (Å²) < 4.78 is 69.9. The highest BCUT2D eigenvalue weighted by molar-refractivity contribution is 5.90. The number of hydrogen-bond donors (Lipinski definition) is 3. The lowest BCUT2D eigenvalue weighted by Crippen LogP contribution is -2.43. The van der Waals surface area contributed by atoms with E-state index in [4.69, 9.17) is 73.0 Å². The van der Waals surface area contributed by atoms with Crippen molar-refractivity contribution in [3.8, 4) is 0 Å². The van der Waals surface area contributed by atoms with Gasteiger partial charge < -0.3 is 78.4 Å². The molecule has 57 heavy (non-hydrogen) atoms. The SMILES string of the molecule is COCCOCCOCC(=O)N[C@H](CCC(=O)CCCOCCOCCOCCOCCOCCN)C(=O)CCCOCCOCCOCCOCCOCCN. The van der Waals surface area contributed by atoms with Crippen molar-refractivity contribution in [2.24, 2.45) is 11.5 Å². The molecule has 0 unspecified atom stereocenters. The normalized spacial score (nSPS) is 12.0. The van der Waals surface area contributed by atoms with Crippen LogP contribution in [0.25, 0.3) is 0 Å². The van der Waals surface area contributed by atoms with Crippen LogP contribution >= 0.6 is 0 Å². The van der Waals surface area contributed by atoms with Crippen LogP contribution in [0, 0.1) is 0 Å². The number of carbonyl (C=O) groups is 3. The molecule has 0 saturated heterocycles. The van der Waals surface area contributed by atoms with E-state index < -0.39 is 11.9 Å². The largest absolute Gasteiger partial charge is 0.382 e. The lowest BCUT2D eigenvalue weighted by Gasteiger charge is -2.18. The molecule has 0 aromatic carbocycles. The molecule has 338 valence electrons. The molecule has 0 bridgehead atoms. The zero-order valence-corrected chi connectivity index (χ0v) is 34.6. The van der Waals surface area contributed by atoms with Gasteiger partial charge in [0.25, 0.3) is 0 Å². The molecule has 0 aromatic heterocycles. The van der Waals surface area contributed by atoms with Gasteiger partial charge in [0.2, 0.25) is 5.91 Å². The summed E-state index contributed by atoms with van der Waals surface area (Å²) in [6, 6.07) is -0.813. The van der Waals surface area contributed by atoms with Gasteiger partial charge in [-0.2, -0.15) is 0 Å².